The quantitative estimate of drug-likeness (QED) is 0.546. The highest BCUT2D eigenvalue weighted by molar-refractivity contribution is 6.01. The SMILES string of the molecule is CN1CC(=O)N(CCCC(=O)OCC(=O)Nc2ccc3c(c2)OCO3)C1=O. The van der Waals surface area contributed by atoms with Crippen molar-refractivity contribution in [2.75, 3.05) is 38.9 Å². The molecule has 0 unspecified atom stereocenters. The lowest BCUT2D eigenvalue weighted by Gasteiger charge is -2.13. The van der Waals surface area contributed by atoms with Gasteiger partial charge in [-0.1, -0.05) is 0 Å². The van der Waals surface area contributed by atoms with Gasteiger partial charge in [-0.15, -0.1) is 0 Å². The molecule has 0 bridgehead atoms. The Morgan fingerprint density at radius 1 is 1.22 bits per heavy atom. The molecule has 27 heavy (non-hydrogen) atoms. The van der Waals surface area contributed by atoms with Crippen LogP contribution >= 0.6 is 0 Å². The molecule has 0 atom stereocenters. The normalized spacial score (nSPS) is 15.3. The van der Waals surface area contributed by atoms with Gasteiger partial charge in [0.25, 0.3) is 5.91 Å². The summed E-state index contributed by atoms with van der Waals surface area (Å²) in [7, 11) is 1.53. The van der Waals surface area contributed by atoms with Crippen LogP contribution in [-0.4, -0.2) is 67.2 Å². The molecule has 0 aromatic heterocycles. The molecule has 10 nitrogen and oxygen atoms in total. The maximum atomic E-state index is 11.9. The van der Waals surface area contributed by atoms with Gasteiger partial charge in [0, 0.05) is 31.8 Å². The summed E-state index contributed by atoms with van der Waals surface area (Å²) in [5.41, 5.74) is 0.496. The zero-order chi connectivity index (χ0) is 19.4. The zero-order valence-corrected chi connectivity index (χ0v) is 14.7. The third kappa shape index (κ3) is 4.46. The van der Waals surface area contributed by atoms with Crippen molar-refractivity contribution in [1.29, 1.82) is 0 Å². The zero-order valence-electron chi connectivity index (χ0n) is 14.7. The van der Waals surface area contributed by atoms with Crippen LogP contribution in [0, 0.1) is 0 Å². The maximum absolute atomic E-state index is 11.9. The molecule has 1 saturated heterocycles. The number of nitrogens with one attached hydrogen (secondary N) is 1. The number of amides is 4. The predicted octanol–water partition coefficient (Wildman–Crippen LogP) is 0.571. The third-order valence-corrected chi connectivity index (χ3v) is 4.01. The molecule has 2 heterocycles. The highest BCUT2D eigenvalue weighted by Gasteiger charge is 2.32. The highest BCUT2D eigenvalue weighted by atomic mass is 16.7. The van der Waals surface area contributed by atoms with Crippen molar-refractivity contribution in [2.45, 2.75) is 12.8 Å². The number of nitrogens with zero attached hydrogens (tertiary/aromatic N) is 2. The first kappa shape index (κ1) is 18.5. The number of hydrogen-bond donors (Lipinski definition) is 1. The third-order valence-electron chi connectivity index (χ3n) is 4.01. The molecule has 1 aromatic rings. The molecule has 2 aliphatic heterocycles. The highest BCUT2D eigenvalue weighted by Crippen LogP contribution is 2.34. The monoisotopic (exact) mass is 377 g/mol. The Bertz CT molecular complexity index is 780. The van der Waals surface area contributed by atoms with Crippen LogP contribution in [0.3, 0.4) is 0 Å². The molecule has 3 rings (SSSR count). The van der Waals surface area contributed by atoms with Gasteiger partial charge in [-0.3, -0.25) is 19.3 Å². The van der Waals surface area contributed by atoms with Gasteiger partial charge in [0.15, 0.2) is 18.1 Å². The fourth-order valence-electron chi connectivity index (χ4n) is 2.66. The fourth-order valence-corrected chi connectivity index (χ4v) is 2.66. The largest absolute Gasteiger partial charge is 0.456 e. The molecule has 0 saturated carbocycles. The van der Waals surface area contributed by atoms with E-state index in [-0.39, 0.29) is 44.7 Å². The van der Waals surface area contributed by atoms with E-state index in [0.717, 1.165) is 4.90 Å². The number of imide groups is 1. The van der Waals surface area contributed by atoms with Crippen molar-refractivity contribution >= 4 is 29.5 Å². The number of fused-ring (bicyclic) bond motifs is 1. The lowest BCUT2D eigenvalue weighted by Crippen LogP contribution is -2.32. The number of hydrogen-bond acceptors (Lipinski definition) is 7. The van der Waals surface area contributed by atoms with Gasteiger partial charge in [-0.05, 0) is 18.6 Å². The van der Waals surface area contributed by atoms with Crippen molar-refractivity contribution in [2.24, 2.45) is 0 Å². The average Bonchev–Trinajstić information content (AvgIpc) is 3.19. The Hall–Kier alpha value is -3.30. The van der Waals surface area contributed by atoms with Gasteiger partial charge in [0.2, 0.25) is 12.7 Å². The second-order valence-electron chi connectivity index (χ2n) is 6.06. The second kappa shape index (κ2) is 7.94. The lowest BCUT2D eigenvalue weighted by atomic mass is 10.3. The van der Waals surface area contributed by atoms with Crippen molar-refractivity contribution in [3.8, 4) is 11.5 Å². The maximum Gasteiger partial charge on any atom is 0.326 e. The van der Waals surface area contributed by atoms with Gasteiger partial charge in [-0.25, -0.2) is 4.79 Å². The van der Waals surface area contributed by atoms with Crippen LogP contribution in [0.4, 0.5) is 10.5 Å². The summed E-state index contributed by atoms with van der Waals surface area (Å²) in [5.74, 6) is -0.238. The van der Waals surface area contributed by atoms with Gasteiger partial charge < -0.3 is 24.4 Å². The lowest BCUT2D eigenvalue weighted by molar-refractivity contribution is -0.147. The van der Waals surface area contributed by atoms with Gasteiger partial charge in [0.1, 0.15) is 6.54 Å². The Morgan fingerprint density at radius 3 is 2.74 bits per heavy atom. The van der Waals surface area contributed by atoms with Crippen molar-refractivity contribution in [3.05, 3.63) is 18.2 Å². The van der Waals surface area contributed by atoms with Gasteiger partial charge >= 0.3 is 12.0 Å². The number of likely N-dealkylation sites (N-methyl/N-ethyl adjacent to an activating group) is 1. The Balaban J connectivity index is 1.36. The number of ether oxygens (including phenoxy) is 3. The topological polar surface area (TPSA) is 114 Å². The summed E-state index contributed by atoms with van der Waals surface area (Å²) in [6.45, 7) is -0.114. The van der Waals surface area contributed by atoms with Gasteiger partial charge in [0.05, 0.1) is 0 Å². The number of urea groups is 1. The van der Waals surface area contributed by atoms with Crippen LogP contribution in [-0.2, 0) is 19.1 Å². The summed E-state index contributed by atoms with van der Waals surface area (Å²) >= 11 is 0. The van der Waals surface area contributed by atoms with E-state index in [9.17, 15) is 19.2 Å². The first-order valence-corrected chi connectivity index (χ1v) is 8.34. The minimum absolute atomic E-state index is 0.00191. The molecule has 1 fully saturated rings. The van der Waals surface area contributed by atoms with E-state index in [1.165, 1.54) is 11.9 Å². The molecular weight excluding hydrogens is 358 g/mol. The van der Waals surface area contributed by atoms with Crippen molar-refractivity contribution < 1.29 is 33.4 Å². The number of rotatable bonds is 7. The molecule has 10 heteroatoms. The van der Waals surface area contributed by atoms with E-state index in [0.29, 0.717) is 17.2 Å². The van der Waals surface area contributed by atoms with Crippen molar-refractivity contribution in [3.63, 3.8) is 0 Å². The molecule has 0 aliphatic carbocycles. The standard InChI is InChI=1S/C17H19N3O7/c1-19-8-15(22)20(17(19)24)6-2-3-16(23)25-9-14(21)18-11-4-5-12-13(7-11)27-10-26-12/h4-5,7H,2-3,6,8-10H2,1H3,(H,18,21). The summed E-state index contributed by atoms with van der Waals surface area (Å²) in [5, 5.41) is 2.59. The van der Waals surface area contributed by atoms with Crippen LogP contribution in [0.15, 0.2) is 18.2 Å². The predicted molar refractivity (Wildman–Crippen MR) is 91.1 cm³/mol. The summed E-state index contributed by atoms with van der Waals surface area (Å²) < 4.78 is 15.3. The molecular formula is C17H19N3O7. The minimum atomic E-state index is -0.580. The van der Waals surface area contributed by atoms with Crippen LogP contribution in [0.25, 0.3) is 0 Å². The summed E-state index contributed by atoms with van der Waals surface area (Å²) in [4.78, 5) is 49.3. The van der Waals surface area contributed by atoms with E-state index in [4.69, 9.17) is 14.2 Å². The van der Waals surface area contributed by atoms with Crippen LogP contribution in [0.1, 0.15) is 12.8 Å². The van der Waals surface area contributed by atoms with Crippen LogP contribution in [0.5, 0.6) is 11.5 Å². The average molecular weight is 377 g/mol. The van der Waals surface area contributed by atoms with Gasteiger partial charge in [-0.2, -0.15) is 0 Å². The molecule has 144 valence electrons. The molecule has 0 radical (unpaired) electrons. The van der Waals surface area contributed by atoms with E-state index in [1.54, 1.807) is 18.2 Å². The Kier molecular flexibility index (Phi) is 5.43. The fraction of sp³-hybridized carbons (Fsp3) is 0.412. The number of esters is 1. The smallest absolute Gasteiger partial charge is 0.326 e. The van der Waals surface area contributed by atoms with E-state index in [2.05, 4.69) is 5.32 Å². The first-order chi connectivity index (χ1) is 12.9. The Morgan fingerprint density at radius 2 is 2.00 bits per heavy atom. The first-order valence-electron chi connectivity index (χ1n) is 8.34. The van der Waals surface area contributed by atoms with Crippen molar-refractivity contribution in [1.82, 2.24) is 9.80 Å². The van der Waals surface area contributed by atoms with Crippen LogP contribution in [0.2, 0.25) is 0 Å². The number of carbonyl (C=O) groups is 4. The van der Waals surface area contributed by atoms with E-state index >= 15 is 0 Å². The number of carbonyl (C=O) groups excluding carboxylic acids is 4. The number of anilines is 1. The molecule has 1 aromatic carbocycles. The minimum Gasteiger partial charge on any atom is -0.456 e. The second-order valence-corrected chi connectivity index (χ2v) is 6.06. The van der Waals surface area contributed by atoms with Crippen LogP contribution < -0.4 is 14.8 Å². The molecule has 0 spiro atoms. The molecule has 2 aliphatic rings. The Labute approximate surface area is 154 Å². The molecule has 4 amide bonds. The van der Waals surface area contributed by atoms with E-state index < -0.39 is 18.5 Å². The number of benzene rings is 1. The van der Waals surface area contributed by atoms with E-state index in [1.807, 2.05) is 0 Å². The molecule has 1 N–H and O–H groups in total. The summed E-state index contributed by atoms with van der Waals surface area (Å²) in [6, 6.07) is 4.55. The summed E-state index contributed by atoms with van der Waals surface area (Å²) in [6.07, 6.45) is 0.270.